The predicted octanol–water partition coefficient (Wildman–Crippen LogP) is 2.92. The Balaban J connectivity index is 1.81. The average Bonchev–Trinajstić information content (AvgIpc) is 2.59. The number of pyridine rings is 1. The van der Waals surface area contributed by atoms with E-state index >= 15 is 0 Å². The fourth-order valence-electron chi connectivity index (χ4n) is 2.90. The summed E-state index contributed by atoms with van der Waals surface area (Å²) in [5.41, 5.74) is 2.83. The molecule has 3 aromatic rings. The fraction of sp³-hybridized carbons (Fsp3) is 0.250. The molecule has 0 fully saturated rings. The van der Waals surface area contributed by atoms with Crippen LogP contribution < -0.4 is 10.9 Å². The lowest BCUT2D eigenvalue weighted by molar-refractivity contribution is 0.340. The molecule has 1 unspecified atom stereocenters. The van der Waals surface area contributed by atoms with Crippen LogP contribution in [0.3, 0.4) is 0 Å². The number of hydrogen-bond acceptors (Lipinski definition) is 3. The van der Waals surface area contributed by atoms with Crippen LogP contribution in [0.2, 0.25) is 0 Å². The third-order valence-corrected chi connectivity index (χ3v) is 4.12. The number of H-pyrrole nitrogens is 1. The summed E-state index contributed by atoms with van der Waals surface area (Å²) in [6.07, 6.45) is 0. The lowest BCUT2D eigenvalue weighted by Gasteiger charge is -2.23. The Bertz CT molecular complexity index is 855. The van der Waals surface area contributed by atoms with Crippen molar-refractivity contribution in [2.24, 2.45) is 0 Å². The van der Waals surface area contributed by atoms with E-state index in [0.717, 1.165) is 23.0 Å². The largest absolute Gasteiger partial charge is 0.322 e. The zero-order chi connectivity index (χ0) is 16.9. The van der Waals surface area contributed by atoms with Crippen molar-refractivity contribution in [3.05, 3.63) is 82.1 Å². The summed E-state index contributed by atoms with van der Waals surface area (Å²) in [7, 11) is 4.11. The Morgan fingerprint density at radius 3 is 2.50 bits per heavy atom. The number of nitrogens with one attached hydrogen (secondary N) is 2. The molecule has 124 valence electrons. The molecule has 0 aliphatic rings. The van der Waals surface area contributed by atoms with Crippen molar-refractivity contribution in [2.75, 3.05) is 20.6 Å². The maximum atomic E-state index is 12.3. The highest BCUT2D eigenvalue weighted by atomic mass is 16.1. The van der Waals surface area contributed by atoms with Crippen molar-refractivity contribution in [2.45, 2.75) is 12.6 Å². The molecular weight excluding hydrogens is 298 g/mol. The molecule has 24 heavy (non-hydrogen) atoms. The number of hydrogen-bond donors (Lipinski definition) is 2. The molecule has 0 saturated heterocycles. The van der Waals surface area contributed by atoms with E-state index in [-0.39, 0.29) is 11.6 Å². The maximum absolute atomic E-state index is 12.3. The van der Waals surface area contributed by atoms with Crippen LogP contribution in [0.15, 0.2) is 65.5 Å². The van der Waals surface area contributed by atoms with E-state index in [1.807, 2.05) is 48.5 Å². The van der Waals surface area contributed by atoms with E-state index in [1.54, 1.807) is 0 Å². The molecule has 1 atom stereocenters. The van der Waals surface area contributed by atoms with Gasteiger partial charge >= 0.3 is 0 Å². The minimum absolute atomic E-state index is 0.0298. The zero-order valence-electron chi connectivity index (χ0n) is 14.1. The second-order valence-corrected chi connectivity index (χ2v) is 6.32. The highest BCUT2D eigenvalue weighted by molar-refractivity contribution is 5.78. The Morgan fingerprint density at radius 1 is 1.04 bits per heavy atom. The van der Waals surface area contributed by atoms with E-state index in [4.69, 9.17) is 0 Å². The molecule has 1 heterocycles. The van der Waals surface area contributed by atoms with Gasteiger partial charge in [-0.15, -0.1) is 0 Å². The van der Waals surface area contributed by atoms with Crippen LogP contribution in [0.25, 0.3) is 10.9 Å². The summed E-state index contributed by atoms with van der Waals surface area (Å²) in [6.45, 7) is 1.41. The Morgan fingerprint density at radius 2 is 1.75 bits per heavy atom. The third kappa shape index (κ3) is 3.91. The highest BCUT2D eigenvalue weighted by Gasteiger charge is 2.13. The van der Waals surface area contributed by atoms with Gasteiger partial charge in [0, 0.05) is 30.2 Å². The molecule has 0 aliphatic heterocycles. The zero-order valence-corrected chi connectivity index (χ0v) is 14.1. The molecule has 4 nitrogen and oxygen atoms in total. The number of fused-ring (bicyclic) bond motifs is 1. The molecule has 0 spiro atoms. The van der Waals surface area contributed by atoms with Gasteiger partial charge in [0.2, 0.25) is 0 Å². The minimum Gasteiger partial charge on any atom is -0.322 e. The summed E-state index contributed by atoms with van der Waals surface area (Å²) in [5.74, 6) is 0. The molecule has 1 aromatic heterocycles. The van der Waals surface area contributed by atoms with E-state index in [1.165, 1.54) is 5.56 Å². The van der Waals surface area contributed by atoms with Gasteiger partial charge in [0.1, 0.15) is 0 Å². The molecule has 0 aliphatic carbocycles. The molecule has 3 rings (SSSR count). The number of nitrogens with zero attached hydrogens (tertiary/aromatic N) is 1. The fourth-order valence-corrected chi connectivity index (χ4v) is 2.90. The molecule has 4 heteroatoms. The van der Waals surface area contributed by atoms with Gasteiger partial charge in [0.05, 0.1) is 0 Å². The average molecular weight is 321 g/mol. The number of para-hydroxylation sites is 1. The summed E-state index contributed by atoms with van der Waals surface area (Å²) in [5, 5.41) is 4.58. The monoisotopic (exact) mass is 321 g/mol. The van der Waals surface area contributed by atoms with Crippen molar-refractivity contribution in [1.82, 2.24) is 15.2 Å². The van der Waals surface area contributed by atoms with Crippen molar-refractivity contribution < 1.29 is 0 Å². The highest BCUT2D eigenvalue weighted by Crippen LogP contribution is 2.15. The number of likely N-dealkylation sites (N-methyl/N-ethyl adjacent to an activating group) is 1. The number of aromatic nitrogens is 1. The number of aromatic amines is 1. The van der Waals surface area contributed by atoms with E-state index in [2.05, 4.69) is 41.4 Å². The summed E-state index contributed by atoms with van der Waals surface area (Å²) in [4.78, 5) is 17.4. The Hall–Kier alpha value is -2.43. The van der Waals surface area contributed by atoms with Gasteiger partial charge in [-0.3, -0.25) is 4.79 Å². The topological polar surface area (TPSA) is 48.1 Å². The number of benzene rings is 2. The van der Waals surface area contributed by atoms with Gasteiger partial charge in [-0.2, -0.15) is 0 Å². The lowest BCUT2D eigenvalue weighted by Crippen LogP contribution is -2.32. The predicted molar refractivity (Wildman–Crippen MR) is 99.1 cm³/mol. The van der Waals surface area contributed by atoms with Crippen molar-refractivity contribution in [3.63, 3.8) is 0 Å². The molecule has 0 bridgehead atoms. The second-order valence-electron chi connectivity index (χ2n) is 6.32. The van der Waals surface area contributed by atoms with Crippen LogP contribution in [0.5, 0.6) is 0 Å². The van der Waals surface area contributed by atoms with Crippen molar-refractivity contribution in [3.8, 4) is 0 Å². The molecule has 2 N–H and O–H groups in total. The first-order chi connectivity index (χ1) is 11.6. The van der Waals surface area contributed by atoms with Crippen molar-refractivity contribution in [1.29, 1.82) is 0 Å². The summed E-state index contributed by atoms with van der Waals surface area (Å²) < 4.78 is 0. The van der Waals surface area contributed by atoms with Gasteiger partial charge in [-0.1, -0.05) is 48.5 Å². The third-order valence-electron chi connectivity index (χ3n) is 4.12. The van der Waals surface area contributed by atoms with Gasteiger partial charge in [-0.05, 0) is 37.2 Å². The van der Waals surface area contributed by atoms with Gasteiger partial charge in [0.15, 0.2) is 0 Å². The maximum Gasteiger partial charge on any atom is 0.252 e. The molecular formula is C20H23N3O. The first-order valence-corrected chi connectivity index (χ1v) is 8.17. The molecule has 2 aromatic carbocycles. The lowest BCUT2D eigenvalue weighted by atomic mass is 10.1. The molecule has 0 radical (unpaired) electrons. The minimum atomic E-state index is -0.0298. The van der Waals surface area contributed by atoms with E-state index < -0.39 is 0 Å². The van der Waals surface area contributed by atoms with Gasteiger partial charge in [0.25, 0.3) is 5.56 Å². The SMILES string of the molecule is CN(C)CC(NCc1cc2ccccc2[nH]c1=O)c1ccccc1. The van der Waals surface area contributed by atoms with Crippen molar-refractivity contribution >= 4 is 10.9 Å². The van der Waals surface area contributed by atoms with Gasteiger partial charge in [-0.25, -0.2) is 0 Å². The van der Waals surface area contributed by atoms with Crippen LogP contribution >= 0.6 is 0 Å². The number of rotatable bonds is 6. The quantitative estimate of drug-likeness (QED) is 0.734. The first kappa shape index (κ1) is 16.4. The van der Waals surface area contributed by atoms with Crippen LogP contribution in [-0.2, 0) is 6.54 Å². The van der Waals surface area contributed by atoms with Crippen LogP contribution in [0.1, 0.15) is 17.2 Å². The molecule has 0 amide bonds. The summed E-state index contributed by atoms with van der Waals surface area (Å²) >= 11 is 0. The normalized spacial score (nSPS) is 12.6. The molecule has 0 saturated carbocycles. The van der Waals surface area contributed by atoms with Gasteiger partial charge < -0.3 is 15.2 Å². The van der Waals surface area contributed by atoms with E-state index in [9.17, 15) is 4.79 Å². The van der Waals surface area contributed by atoms with Crippen LogP contribution in [0.4, 0.5) is 0 Å². The van der Waals surface area contributed by atoms with E-state index in [0.29, 0.717) is 6.54 Å². The van der Waals surface area contributed by atoms with Crippen LogP contribution in [-0.4, -0.2) is 30.5 Å². The Labute approximate surface area is 142 Å². The summed E-state index contributed by atoms with van der Waals surface area (Å²) in [6, 6.07) is 20.3. The first-order valence-electron chi connectivity index (χ1n) is 8.17. The Kier molecular flexibility index (Phi) is 5.08. The standard InChI is InChI=1S/C20H23N3O/c1-23(2)14-19(15-8-4-3-5-9-15)21-13-17-12-16-10-6-7-11-18(16)22-20(17)24/h3-12,19,21H,13-14H2,1-2H3,(H,22,24). The second kappa shape index (κ2) is 7.43. The van der Waals surface area contributed by atoms with Crippen LogP contribution in [0, 0.1) is 0 Å². The smallest absolute Gasteiger partial charge is 0.252 e.